The molecular weight excluding hydrogens is 329 g/mol. The van der Waals surface area contributed by atoms with Gasteiger partial charge in [-0.05, 0) is 25.5 Å². The van der Waals surface area contributed by atoms with E-state index in [1.54, 1.807) is 42.5 Å². The molecule has 5 heteroatoms. The third-order valence-corrected chi connectivity index (χ3v) is 4.21. The summed E-state index contributed by atoms with van der Waals surface area (Å²) in [7, 11) is 0. The van der Waals surface area contributed by atoms with Crippen molar-refractivity contribution < 1.29 is 14.3 Å². The Morgan fingerprint density at radius 2 is 1.96 bits per heavy atom. The molecule has 0 aliphatic rings. The predicted octanol–water partition coefficient (Wildman–Crippen LogP) is 4.13. The molecule has 0 amide bonds. The molecule has 128 valence electrons. The summed E-state index contributed by atoms with van der Waals surface area (Å²) < 4.78 is 15.0. The summed E-state index contributed by atoms with van der Waals surface area (Å²) in [4.78, 5) is 12.6. The molecule has 0 aliphatic carbocycles. The Hall–Kier alpha value is -1.75. The minimum absolute atomic E-state index is 0.0737. The van der Waals surface area contributed by atoms with E-state index in [9.17, 15) is 4.79 Å². The molecule has 1 atom stereocenters. The number of carbonyl (C=O) groups is 1. The Bertz CT molecular complexity index is 691. The maximum atomic E-state index is 15.0. The average Bonchev–Trinajstić information content (AvgIpc) is 2.60. The molecule has 0 saturated heterocycles. The van der Waals surface area contributed by atoms with Crippen LogP contribution in [0.3, 0.4) is 0 Å². The zero-order valence-corrected chi connectivity index (χ0v) is 14.3. The summed E-state index contributed by atoms with van der Waals surface area (Å²) in [6, 6.07) is 11.5. The van der Waals surface area contributed by atoms with Gasteiger partial charge in [0.15, 0.2) is 5.78 Å². The fourth-order valence-electron chi connectivity index (χ4n) is 2.61. The molecule has 2 N–H and O–H groups in total. The van der Waals surface area contributed by atoms with E-state index < -0.39 is 11.6 Å². The van der Waals surface area contributed by atoms with Gasteiger partial charge in [0.1, 0.15) is 5.82 Å². The highest BCUT2D eigenvalue weighted by Gasteiger charge is 2.23. The van der Waals surface area contributed by atoms with E-state index >= 15 is 4.39 Å². The lowest BCUT2D eigenvalue weighted by molar-refractivity contribution is 0.103. The number of aliphatic hydroxyl groups is 1. The Morgan fingerprint density at radius 3 is 2.58 bits per heavy atom. The second-order valence-electron chi connectivity index (χ2n) is 5.51. The van der Waals surface area contributed by atoms with Gasteiger partial charge in [0.05, 0.1) is 10.6 Å². The van der Waals surface area contributed by atoms with Crippen molar-refractivity contribution in [1.29, 1.82) is 0 Å². The average molecular weight is 350 g/mol. The first-order valence-corrected chi connectivity index (χ1v) is 8.39. The van der Waals surface area contributed by atoms with E-state index in [0.29, 0.717) is 30.5 Å². The van der Waals surface area contributed by atoms with Crippen LogP contribution in [0.2, 0.25) is 5.02 Å². The largest absolute Gasteiger partial charge is 0.396 e. The Balaban J connectivity index is 2.38. The van der Waals surface area contributed by atoms with Crippen molar-refractivity contribution in [1.82, 2.24) is 5.32 Å². The van der Waals surface area contributed by atoms with Crippen LogP contribution >= 0.6 is 11.6 Å². The molecule has 0 saturated carbocycles. The lowest BCUT2D eigenvalue weighted by Crippen LogP contribution is -2.24. The lowest BCUT2D eigenvalue weighted by atomic mass is 9.96. The van der Waals surface area contributed by atoms with Crippen LogP contribution in [0.25, 0.3) is 0 Å². The highest BCUT2D eigenvalue weighted by molar-refractivity contribution is 6.35. The van der Waals surface area contributed by atoms with Gasteiger partial charge in [-0.2, -0.15) is 0 Å². The van der Waals surface area contributed by atoms with E-state index in [2.05, 4.69) is 5.32 Å². The zero-order chi connectivity index (χ0) is 17.5. The number of hydrogen-bond acceptors (Lipinski definition) is 3. The van der Waals surface area contributed by atoms with E-state index in [1.165, 1.54) is 0 Å². The topological polar surface area (TPSA) is 49.3 Å². The van der Waals surface area contributed by atoms with Crippen molar-refractivity contribution in [3.05, 3.63) is 70.0 Å². The number of benzene rings is 2. The van der Waals surface area contributed by atoms with Crippen LogP contribution in [0.1, 0.15) is 47.3 Å². The van der Waals surface area contributed by atoms with Crippen molar-refractivity contribution in [3.63, 3.8) is 0 Å². The molecule has 2 aromatic carbocycles. The van der Waals surface area contributed by atoms with Crippen LogP contribution in [-0.4, -0.2) is 24.0 Å². The van der Waals surface area contributed by atoms with Crippen molar-refractivity contribution in [2.75, 3.05) is 13.2 Å². The number of carbonyl (C=O) groups excluding carboxylic acids is 1. The first-order valence-electron chi connectivity index (χ1n) is 8.02. The molecule has 0 unspecified atom stereocenters. The van der Waals surface area contributed by atoms with Crippen LogP contribution < -0.4 is 5.32 Å². The van der Waals surface area contributed by atoms with Gasteiger partial charge in [-0.15, -0.1) is 0 Å². The third-order valence-electron chi connectivity index (χ3n) is 3.89. The maximum Gasteiger partial charge on any atom is 0.197 e. The summed E-state index contributed by atoms with van der Waals surface area (Å²) in [6.07, 6.45) is 1.24. The van der Waals surface area contributed by atoms with Crippen LogP contribution in [0.5, 0.6) is 0 Å². The Morgan fingerprint density at radius 1 is 1.25 bits per heavy atom. The molecule has 24 heavy (non-hydrogen) atoms. The summed E-state index contributed by atoms with van der Waals surface area (Å²) in [5, 5.41) is 12.2. The number of ketones is 1. The van der Waals surface area contributed by atoms with Crippen molar-refractivity contribution >= 4 is 17.4 Å². The van der Waals surface area contributed by atoms with Crippen LogP contribution in [0, 0.1) is 5.82 Å². The molecule has 0 aliphatic heterocycles. The summed E-state index contributed by atoms with van der Waals surface area (Å²) >= 11 is 6.11. The molecule has 0 spiro atoms. The molecule has 3 nitrogen and oxygen atoms in total. The lowest BCUT2D eigenvalue weighted by Gasteiger charge is -2.19. The zero-order valence-electron chi connectivity index (χ0n) is 13.6. The molecule has 0 aromatic heterocycles. The van der Waals surface area contributed by atoms with Gasteiger partial charge in [-0.25, -0.2) is 4.39 Å². The van der Waals surface area contributed by atoms with Gasteiger partial charge in [0.25, 0.3) is 0 Å². The number of halogens is 2. The summed E-state index contributed by atoms with van der Waals surface area (Å²) in [5.74, 6) is -1.01. The predicted molar refractivity (Wildman–Crippen MR) is 94.0 cm³/mol. The molecule has 0 heterocycles. The van der Waals surface area contributed by atoms with Gasteiger partial charge in [-0.1, -0.05) is 54.9 Å². The minimum atomic E-state index is -0.584. The number of hydrogen-bond donors (Lipinski definition) is 2. The number of nitrogens with one attached hydrogen (secondary N) is 1. The fraction of sp³-hybridized carbons (Fsp3) is 0.316. The number of rotatable bonds is 8. The maximum absolute atomic E-state index is 15.0. The second-order valence-corrected chi connectivity index (χ2v) is 5.92. The van der Waals surface area contributed by atoms with Gasteiger partial charge in [-0.3, -0.25) is 4.79 Å². The first kappa shape index (κ1) is 18.6. The van der Waals surface area contributed by atoms with E-state index in [4.69, 9.17) is 16.7 Å². The smallest absolute Gasteiger partial charge is 0.197 e. The van der Waals surface area contributed by atoms with Crippen molar-refractivity contribution in [3.8, 4) is 0 Å². The molecule has 0 bridgehead atoms. The Labute approximate surface area is 146 Å². The van der Waals surface area contributed by atoms with Gasteiger partial charge in [0, 0.05) is 23.8 Å². The molecule has 2 aromatic rings. The standard InChI is InChI=1S/C19H21ClFNO2/c1-2-16(22-11-6-12-23)14-9-10-15(20)17(18(14)21)19(24)13-7-4-3-5-8-13/h3-5,7-10,16,22-23H,2,6,11-12H2,1H3/t16-/m1/s1. The van der Waals surface area contributed by atoms with Crippen LogP contribution in [0.15, 0.2) is 42.5 Å². The van der Waals surface area contributed by atoms with E-state index in [-0.39, 0.29) is 23.2 Å². The van der Waals surface area contributed by atoms with Gasteiger partial charge >= 0.3 is 0 Å². The Kier molecular flexibility index (Phi) is 6.91. The first-order chi connectivity index (χ1) is 11.6. The van der Waals surface area contributed by atoms with Crippen molar-refractivity contribution in [2.45, 2.75) is 25.8 Å². The number of aliphatic hydroxyl groups excluding tert-OH is 1. The van der Waals surface area contributed by atoms with Crippen LogP contribution in [0.4, 0.5) is 4.39 Å². The monoisotopic (exact) mass is 349 g/mol. The van der Waals surface area contributed by atoms with Crippen LogP contribution in [-0.2, 0) is 0 Å². The highest BCUT2D eigenvalue weighted by Crippen LogP contribution is 2.29. The summed E-state index contributed by atoms with van der Waals surface area (Å²) in [6.45, 7) is 2.58. The van der Waals surface area contributed by atoms with Gasteiger partial charge < -0.3 is 10.4 Å². The van der Waals surface area contributed by atoms with E-state index in [1.807, 2.05) is 6.92 Å². The molecular formula is C19H21ClFNO2. The third kappa shape index (κ3) is 4.20. The second kappa shape index (κ2) is 8.92. The van der Waals surface area contributed by atoms with E-state index in [0.717, 1.165) is 0 Å². The molecule has 2 rings (SSSR count). The fourth-order valence-corrected chi connectivity index (χ4v) is 2.84. The quantitative estimate of drug-likeness (QED) is 0.556. The minimum Gasteiger partial charge on any atom is -0.396 e. The van der Waals surface area contributed by atoms with Crippen molar-refractivity contribution in [2.24, 2.45) is 0 Å². The SMILES string of the molecule is CC[C@@H](NCCCO)c1ccc(Cl)c(C(=O)c2ccccc2)c1F. The highest BCUT2D eigenvalue weighted by atomic mass is 35.5. The molecule has 0 fully saturated rings. The molecule has 0 radical (unpaired) electrons. The normalized spacial score (nSPS) is 12.2. The van der Waals surface area contributed by atoms with Gasteiger partial charge in [0.2, 0.25) is 0 Å². The summed E-state index contributed by atoms with van der Waals surface area (Å²) in [5.41, 5.74) is 0.721.